The minimum absolute atomic E-state index is 0.0457. The molecule has 9 nitrogen and oxygen atoms in total. The van der Waals surface area contributed by atoms with E-state index in [1.807, 2.05) is 43.8 Å². The third kappa shape index (κ3) is 5.50. The van der Waals surface area contributed by atoms with Crippen molar-refractivity contribution in [3.8, 4) is 0 Å². The molecule has 0 N–H and O–H groups in total. The zero-order valence-electron chi connectivity index (χ0n) is 18.0. The number of rotatable bonds is 10. The van der Waals surface area contributed by atoms with Gasteiger partial charge in [-0.3, -0.25) is 14.9 Å². The van der Waals surface area contributed by atoms with Gasteiger partial charge in [-0.05, 0) is 43.0 Å². The summed E-state index contributed by atoms with van der Waals surface area (Å²) in [5.74, 6) is -0.0304. The Bertz CT molecular complexity index is 1040. The zero-order chi connectivity index (χ0) is 22.8. The van der Waals surface area contributed by atoms with Crippen molar-refractivity contribution in [1.82, 2.24) is 13.8 Å². The monoisotopic (exact) mass is 448 g/mol. The number of nitrogens with zero attached hydrogens (tertiary/aromatic N) is 4. The molecule has 31 heavy (non-hydrogen) atoms. The van der Waals surface area contributed by atoms with Gasteiger partial charge in [-0.2, -0.15) is 4.31 Å². The van der Waals surface area contributed by atoms with E-state index in [1.54, 1.807) is 4.90 Å². The first kappa shape index (κ1) is 23.0. The van der Waals surface area contributed by atoms with Gasteiger partial charge in [-0.1, -0.05) is 13.8 Å². The Morgan fingerprint density at radius 3 is 2.35 bits per heavy atom. The van der Waals surface area contributed by atoms with Crippen LogP contribution < -0.4 is 0 Å². The van der Waals surface area contributed by atoms with Crippen molar-refractivity contribution >= 4 is 21.6 Å². The molecule has 0 unspecified atom stereocenters. The lowest BCUT2D eigenvalue weighted by atomic mass is 10.2. The summed E-state index contributed by atoms with van der Waals surface area (Å²) >= 11 is 0. The minimum Gasteiger partial charge on any atom is -0.353 e. The van der Waals surface area contributed by atoms with Crippen LogP contribution in [-0.4, -0.2) is 52.2 Å². The first-order valence-electron chi connectivity index (χ1n) is 10.2. The van der Waals surface area contributed by atoms with Crippen LogP contribution in [0, 0.1) is 16.0 Å². The molecule has 1 saturated carbocycles. The number of nitro benzene ring substituents is 1. The topological polar surface area (TPSA) is 106 Å². The van der Waals surface area contributed by atoms with Gasteiger partial charge in [0.25, 0.3) is 5.69 Å². The SMILES string of the molecule is CC(C)CN(Cc1cccn1C)C(=O)CN(C1CC1)S(=O)(=O)c1ccc([N+](=O)[O-])cc1. The number of amides is 1. The Labute approximate surface area is 182 Å². The van der Waals surface area contributed by atoms with Crippen LogP contribution in [0.2, 0.25) is 0 Å². The zero-order valence-corrected chi connectivity index (χ0v) is 18.8. The van der Waals surface area contributed by atoms with Crippen molar-refractivity contribution in [2.24, 2.45) is 13.0 Å². The molecule has 1 aliphatic rings. The van der Waals surface area contributed by atoms with Gasteiger partial charge in [0.2, 0.25) is 15.9 Å². The van der Waals surface area contributed by atoms with E-state index in [9.17, 15) is 23.3 Å². The summed E-state index contributed by atoms with van der Waals surface area (Å²) in [6, 6.07) is 8.41. The molecule has 0 saturated heterocycles. The van der Waals surface area contributed by atoms with Gasteiger partial charge in [-0.25, -0.2) is 8.42 Å². The summed E-state index contributed by atoms with van der Waals surface area (Å²) in [7, 11) is -2.04. The fourth-order valence-corrected chi connectivity index (χ4v) is 5.07. The highest BCUT2D eigenvalue weighted by Crippen LogP contribution is 2.32. The maximum Gasteiger partial charge on any atom is 0.269 e. The molecule has 0 atom stereocenters. The second-order valence-electron chi connectivity index (χ2n) is 8.31. The van der Waals surface area contributed by atoms with Crippen molar-refractivity contribution in [3.63, 3.8) is 0 Å². The first-order chi connectivity index (χ1) is 14.6. The molecule has 3 rings (SSSR count). The van der Waals surface area contributed by atoms with Crippen LogP contribution in [0.15, 0.2) is 47.5 Å². The molecule has 0 bridgehead atoms. The van der Waals surface area contributed by atoms with E-state index in [1.165, 1.54) is 28.6 Å². The van der Waals surface area contributed by atoms with Crippen LogP contribution in [-0.2, 0) is 28.4 Å². The lowest BCUT2D eigenvalue weighted by Crippen LogP contribution is -2.44. The van der Waals surface area contributed by atoms with E-state index in [0.717, 1.165) is 5.69 Å². The fraction of sp³-hybridized carbons (Fsp3) is 0.476. The molecule has 1 fully saturated rings. The molecule has 1 aromatic heterocycles. The molecule has 0 spiro atoms. The second-order valence-corrected chi connectivity index (χ2v) is 10.2. The van der Waals surface area contributed by atoms with Gasteiger partial charge in [0.1, 0.15) is 0 Å². The number of hydrogen-bond acceptors (Lipinski definition) is 5. The van der Waals surface area contributed by atoms with E-state index < -0.39 is 14.9 Å². The highest BCUT2D eigenvalue weighted by molar-refractivity contribution is 7.89. The third-order valence-corrected chi connectivity index (χ3v) is 7.15. The molecular weight excluding hydrogens is 420 g/mol. The van der Waals surface area contributed by atoms with E-state index in [-0.39, 0.29) is 35.0 Å². The number of aryl methyl sites for hydroxylation is 1. The highest BCUT2D eigenvalue weighted by Gasteiger charge is 2.40. The first-order valence-corrected chi connectivity index (χ1v) is 11.7. The number of benzene rings is 1. The van der Waals surface area contributed by atoms with E-state index >= 15 is 0 Å². The number of aromatic nitrogens is 1. The lowest BCUT2D eigenvalue weighted by molar-refractivity contribution is -0.384. The summed E-state index contributed by atoms with van der Waals surface area (Å²) in [5, 5.41) is 10.9. The van der Waals surface area contributed by atoms with E-state index in [2.05, 4.69) is 0 Å². The van der Waals surface area contributed by atoms with Crippen molar-refractivity contribution < 1.29 is 18.1 Å². The number of carbonyl (C=O) groups excluding carboxylic acids is 1. The summed E-state index contributed by atoms with van der Waals surface area (Å²) < 4.78 is 29.6. The fourth-order valence-electron chi connectivity index (χ4n) is 3.43. The summed E-state index contributed by atoms with van der Waals surface area (Å²) in [4.78, 5) is 25.1. The third-order valence-electron chi connectivity index (χ3n) is 5.24. The van der Waals surface area contributed by atoms with Gasteiger partial charge in [-0.15, -0.1) is 0 Å². The summed E-state index contributed by atoms with van der Waals surface area (Å²) in [6.45, 7) is 4.69. The molecule has 0 radical (unpaired) electrons. The van der Waals surface area contributed by atoms with Crippen molar-refractivity contribution in [2.75, 3.05) is 13.1 Å². The molecular formula is C21H28N4O5S. The number of non-ortho nitro benzene ring substituents is 1. The van der Waals surface area contributed by atoms with Crippen LogP contribution in [0.3, 0.4) is 0 Å². The van der Waals surface area contributed by atoms with Crippen molar-refractivity contribution in [2.45, 2.75) is 44.2 Å². The number of carbonyl (C=O) groups is 1. The van der Waals surface area contributed by atoms with Gasteiger partial charge in [0.05, 0.1) is 22.9 Å². The van der Waals surface area contributed by atoms with Gasteiger partial charge < -0.3 is 9.47 Å². The molecule has 0 aliphatic heterocycles. The maximum atomic E-state index is 13.2. The second kappa shape index (κ2) is 9.19. The highest BCUT2D eigenvalue weighted by atomic mass is 32.2. The minimum atomic E-state index is -3.95. The normalized spacial score (nSPS) is 14.2. The van der Waals surface area contributed by atoms with E-state index in [0.29, 0.717) is 25.9 Å². The Balaban J connectivity index is 1.82. The van der Waals surface area contributed by atoms with Gasteiger partial charge in [0.15, 0.2) is 0 Å². The molecule has 168 valence electrons. The maximum absolute atomic E-state index is 13.2. The quantitative estimate of drug-likeness (QED) is 0.410. The largest absolute Gasteiger partial charge is 0.353 e. The Hall–Kier alpha value is -2.72. The smallest absolute Gasteiger partial charge is 0.269 e. The standard InChI is InChI=1S/C21H28N4O5S/c1-16(2)13-23(14-19-5-4-12-22(19)3)21(26)15-24(17-6-7-17)31(29,30)20-10-8-18(9-11-20)25(27)28/h4-5,8-12,16-17H,6-7,13-15H2,1-3H3. The van der Waals surface area contributed by atoms with Crippen LogP contribution in [0.4, 0.5) is 5.69 Å². The average Bonchev–Trinajstić information content (AvgIpc) is 3.47. The van der Waals surface area contributed by atoms with E-state index in [4.69, 9.17) is 0 Å². The van der Waals surface area contributed by atoms with Crippen LogP contribution in [0.1, 0.15) is 32.4 Å². The number of nitro groups is 1. The summed E-state index contributed by atoms with van der Waals surface area (Å²) in [6.07, 6.45) is 3.30. The summed E-state index contributed by atoms with van der Waals surface area (Å²) in [5.41, 5.74) is 0.781. The number of sulfonamides is 1. The molecule has 1 aromatic carbocycles. The average molecular weight is 449 g/mol. The van der Waals surface area contributed by atoms with Crippen LogP contribution in [0.25, 0.3) is 0 Å². The molecule has 2 aromatic rings. The van der Waals surface area contributed by atoms with Crippen LogP contribution >= 0.6 is 0 Å². The van der Waals surface area contributed by atoms with Crippen molar-refractivity contribution in [3.05, 3.63) is 58.4 Å². The van der Waals surface area contributed by atoms with Crippen molar-refractivity contribution in [1.29, 1.82) is 0 Å². The molecule has 1 aliphatic carbocycles. The number of hydrogen-bond donors (Lipinski definition) is 0. The molecule has 1 heterocycles. The van der Waals surface area contributed by atoms with Gasteiger partial charge >= 0.3 is 0 Å². The molecule has 10 heteroatoms. The lowest BCUT2D eigenvalue weighted by Gasteiger charge is -2.28. The molecule has 1 amide bonds. The Morgan fingerprint density at radius 1 is 1.23 bits per heavy atom. The predicted octanol–water partition coefficient (Wildman–Crippen LogP) is 2.77. The Morgan fingerprint density at radius 2 is 1.87 bits per heavy atom. The van der Waals surface area contributed by atoms with Crippen LogP contribution in [0.5, 0.6) is 0 Å². The predicted molar refractivity (Wildman–Crippen MR) is 116 cm³/mol. The Kier molecular flexibility index (Phi) is 6.80. The van der Waals surface area contributed by atoms with Gasteiger partial charge in [0, 0.05) is 43.7 Å².